The van der Waals surface area contributed by atoms with Gasteiger partial charge in [-0.1, -0.05) is 32.0 Å². The molecule has 2 aromatic heterocycles. The van der Waals surface area contributed by atoms with Gasteiger partial charge in [0.1, 0.15) is 6.04 Å². The summed E-state index contributed by atoms with van der Waals surface area (Å²) in [5.41, 5.74) is 1.86. The van der Waals surface area contributed by atoms with Gasteiger partial charge in [0.05, 0.1) is 12.2 Å². The Bertz CT molecular complexity index is 1100. The number of piperidine rings is 1. The highest BCUT2D eigenvalue weighted by molar-refractivity contribution is 6.39. The van der Waals surface area contributed by atoms with E-state index in [1.807, 2.05) is 44.3 Å². The molecule has 3 heterocycles. The smallest absolute Gasteiger partial charge is 0.295 e. The molecule has 0 aliphatic carbocycles. The van der Waals surface area contributed by atoms with Crippen LogP contribution in [-0.4, -0.2) is 46.2 Å². The van der Waals surface area contributed by atoms with Crippen LogP contribution in [0, 0.1) is 5.92 Å². The largest absolute Gasteiger partial charge is 0.423 e. The number of carbonyl (C=O) groups excluding carboxylic acids is 3. The van der Waals surface area contributed by atoms with E-state index in [9.17, 15) is 14.4 Å². The van der Waals surface area contributed by atoms with Crippen molar-refractivity contribution in [3.05, 3.63) is 36.7 Å². The quantitative estimate of drug-likeness (QED) is 0.460. The number of rotatable bonds is 6. The van der Waals surface area contributed by atoms with E-state index in [-0.39, 0.29) is 17.8 Å². The highest BCUT2D eigenvalue weighted by atomic mass is 16.4. The molecule has 0 spiro atoms. The number of fused-ring (bicyclic) bond motifs is 1. The van der Waals surface area contributed by atoms with E-state index in [0.29, 0.717) is 18.7 Å². The minimum atomic E-state index is -0.819. The fraction of sp³-hybridized carbons (Fsp3) is 0.333. The first kappa shape index (κ1) is 19.7. The van der Waals surface area contributed by atoms with Gasteiger partial charge in [0, 0.05) is 29.2 Å². The monoisotopic (exact) mass is 409 g/mol. The maximum Gasteiger partial charge on any atom is 0.295 e. The van der Waals surface area contributed by atoms with Crippen LogP contribution in [0.1, 0.15) is 20.3 Å². The number of oxazole rings is 1. The minimum absolute atomic E-state index is 0.110. The lowest BCUT2D eigenvalue weighted by Gasteiger charge is -2.26. The van der Waals surface area contributed by atoms with Crippen LogP contribution in [0.5, 0.6) is 0 Å². The molecular weight excluding hydrogens is 386 g/mol. The van der Waals surface area contributed by atoms with Crippen LogP contribution >= 0.6 is 0 Å². The molecule has 9 nitrogen and oxygen atoms in total. The predicted octanol–water partition coefficient (Wildman–Crippen LogP) is 1.83. The number of aromatic nitrogens is 2. The van der Waals surface area contributed by atoms with Crippen molar-refractivity contribution >= 4 is 34.5 Å². The number of nitrogens with one attached hydrogen (secondary N) is 4. The molecule has 9 heteroatoms. The number of H-pyrrole nitrogens is 1. The average Bonchev–Trinajstić information content (AvgIpc) is 3.36. The standard InChI is InChI=1S/C21H23N5O4/c1-11(2)17(19(28)25-15-7-8-22-20(29)18(15)27)26-21-24-10-16(30-21)13-9-23-14-6-4-3-5-12(13)14/h3-6,9-11,15,17,23H,7-8H2,1-2H3,(H,22,29)(H,24,26)(H,25,28). The molecule has 1 aliphatic rings. The summed E-state index contributed by atoms with van der Waals surface area (Å²) in [6.45, 7) is 4.09. The van der Waals surface area contributed by atoms with E-state index in [0.717, 1.165) is 16.5 Å². The Morgan fingerprint density at radius 1 is 1.27 bits per heavy atom. The van der Waals surface area contributed by atoms with Crippen LogP contribution in [0.15, 0.2) is 41.1 Å². The molecule has 0 bridgehead atoms. The summed E-state index contributed by atoms with van der Waals surface area (Å²) in [4.78, 5) is 43.7. The first-order valence-electron chi connectivity index (χ1n) is 9.85. The summed E-state index contributed by atoms with van der Waals surface area (Å²) in [5, 5.41) is 9.16. The number of amides is 2. The molecule has 4 N–H and O–H groups in total. The second-order valence-corrected chi connectivity index (χ2v) is 7.61. The summed E-state index contributed by atoms with van der Waals surface area (Å²) in [6.07, 6.45) is 3.81. The lowest BCUT2D eigenvalue weighted by molar-refractivity contribution is -0.141. The SMILES string of the molecule is CC(C)C(Nc1ncc(-c2c[nH]c3ccccc23)o1)C(=O)NC1CCNC(=O)C1=O. The van der Waals surface area contributed by atoms with Crippen molar-refractivity contribution in [1.29, 1.82) is 0 Å². The van der Waals surface area contributed by atoms with Gasteiger partial charge in [0.25, 0.3) is 11.9 Å². The van der Waals surface area contributed by atoms with E-state index in [1.54, 1.807) is 6.20 Å². The van der Waals surface area contributed by atoms with Gasteiger partial charge in [-0.25, -0.2) is 4.98 Å². The number of nitrogens with zero attached hydrogens (tertiary/aromatic N) is 1. The Morgan fingerprint density at radius 3 is 2.87 bits per heavy atom. The second-order valence-electron chi connectivity index (χ2n) is 7.61. The molecule has 3 aromatic rings. The number of aromatic amines is 1. The van der Waals surface area contributed by atoms with Crippen molar-refractivity contribution < 1.29 is 18.8 Å². The van der Waals surface area contributed by atoms with Gasteiger partial charge < -0.3 is 25.4 Å². The maximum absolute atomic E-state index is 12.8. The Hall–Kier alpha value is -3.62. The van der Waals surface area contributed by atoms with E-state index >= 15 is 0 Å². The fourth-order valence-corrected chi connectivity index (χ4v) is 3.51. The van der Waals surface area contributed by atoms with E-state index in [2.05, 4.69) is 25.9 Å². The number of para-hydroxylation sites is 1. The molecule has 1 aliphatic heterocycles. The van der Waals surface area contributed by atoms with Crippen molar-refractivity contribution in [3.8, 4) is 11.3 Å². The predicted molar refractivity (Wildman–Crippen MR) is 111 cm³/mol. The van der Waals surface area contributed by atoms with Crippen LogP contribution in [-0.2, 0) is 14.4 Å². The van der Waals surface area contributed by atoms with Crippen LogP contribution in [0.25, 0.3) is 22.2 Å². The summed E-state index contributed by atoms with van der Waals surface area (Å²) >= 11 is 0. The molecule has 4 rings (SSSR count). The zero-order valence-electron chi connectivity index (χ0n) is 16.7. The third-order valence-electron chi connectivity index (χ3n) is 5.16. The Labute approximate surface area is 172 Å². The zero-order chi connectivity index (χ0) is 21.3. The highest BCUT2D eigenvalue weighted by Gasteiger charge is 2.33. The number of ketones is 1. The second kappa shape index (κ2) is 8.02. The normalized spacial score (nSPS) is 17.8. The van der Waals surface area contributed by atoms with Crippen molar-refractivity contribution in [1.82, 2.24) is 20.6 Å². The molecule has 0 saturated carbocycles. The molecule has 1 aromatic carbocycles. The van der Waals surface area contributed by atoms with Gasteiger partial charge in [-0.15, -0.1) is 0 Å². The van der Waals surface area contributed by atoms with Gasteiger partial charge in [-0.2, -0.15) is 0 Å². The molecule has 30 heavy (non-hydrogen) atoms. The topological polar surface area (TPSA) is 129 Å². The summed E-state index contributed by atoms with van der Waals surface area (Å²) in [7, 11) is 0. The van der Waals surface area contributed by atoms with E-state index < -0.39 is 23.8 Å². The molecule has 2 amide bonds. The lowest BCUT2D eigenvalue weighted by Crippen LogP contribution is -2.56. The third kappa shape index (κ3) is 3.78. The number of Topliss-reactive ketones (excluding diaryl/α,β-unsaturated/α-hetero) is 1. The van der Waals surface area contributed by atoms with Gasteiger partial charge in [0.15, 0.2) is 5.76 Å². The highest BCUT2D eigenvalue weighted by Crippen LogP contribution is 2.30. The summed E-state index contributed by atoms with van der Waals surface area (Å²) < 4.78 is 5.84. The van der Waals surface area contributed by atoms with Crippen molar-refractivity contribution in [2.45, 2.75) is 32.4 Å². The first-order valence-corrected chi connectivity index (χ1v) is 9.85. The van der Waals surface area contributed by atoms with Crippen LogP contribution in [0.4, 0.5) is 6.01 Å². The van der Waals surface area contributed by atoms with Crippen molar-refractivity contribution in [2.75, 3.05) is 11.9 Å². The molecule has 1 fully saturated rings. The number of benzene rings is 1. The van der Waals surface area contributed by atoms with Crippen LogP contribution < -0.4 is 16.0 Å². The minimum Gasteiger partial charge on any atom is -0.423 e. The zero-order valence-corrected chi connectivity index (χ0v) is 16.7. The fourth-order valence-electron chi connectivity index (χ4n) is 3.51. The maximum atomic E-state index is 12.8. The van der Waals surface area contributed by atoms with Gasteiger partial charge >= 0.3 is 0 Å². The molecular formula is C21H23N5O4. The average molecular weight is 409 g/mol. The lowest BCUT2D eigenvalue weighted by atomic mass is 10.0. The Morgan fingerprint density at radius 2 is 2.07 bits per heavy atom. The summed E-state index contributed by atoms with van der Waals surface area (Å²) in [5.74, 6) is -1.23. The van der Waals surface area contributed by atoms with Crippen LogP contribution in [0.3, 0.4) is 0 Å². The third-order valence-corrected chi connectivity index (χ3v) is 5.16. The van der Waals surface area contributed by atoms with Crippen molar-refractivity contribution in [3.63, 3.8) is 0 Å². The first-order chi connectivity index (χ1) is 14.4. The number of carbonyl (C=O) groups is 3. The number of hydrogen-bond acceptors (Lipinski definition) is 6. The molecule has 1 saturated heterocycles. The Kier molecular flexibility index (Phi) is 5.26. The van der Waals surface area contributed by atoms with Gasteiger partial charge in [-0.05, 0) is 18.4 Å². The summed E-state index contributed by atoms with van der Waals surface area (Å²) in [6, 6.07) is 6.55. The number of hydrogen-bond donors (Lipinski definition) is 4. The van der Waals surface area contributed by atoms with E-state index in [4.69, 9.17) is 4.42 Å². The van der Waals surface area contributed by atoms with Gasteiger partial charge in [-0.3, -0.25) is 14.4 Å². The molecule has 0 radical (unpaired) electrons. The molecule has 2 atom stereocenters. The molecule has 156 valence electrons. The van der Waals surface area contributed by atoms with Gasteiger partial charge in [0.2, 0.25) is 11.7 Å². The van der Waals surface area contributed by atoms with Crippen LogP contribution in [0.2, 0.25) is 0 Å². The Balaban J connectivity index is 1.49. The van der Waals surface area contributed by atoms with Crippen molar-refractivity contribution in [2.24, 2.45) is 5.92 Å². The number of anilines is 1. The molecule has 2 unspecified atom stereocenters. The van der Waals surface area contributed by atoms with E-state index in [1.165, 1.54) is 0 Å².